The third-order valence-electron chi connectivity index (χ3n) is 4.20. The molecule has 0 aliphatic rings. The van der Waals surface area contributed by atoms with Crippen LogP contribution >= 0.6 is 0 Å². The highest BCUT2D eigenvalue weighted by molar-refractivity contribution is 5.85. The zero-order valence-corrected chi connectivity index (χ0v) is 19.8. The predicted octanol–water partition coefficient (Wildman–Crippen LogP) is 2.84. The summed E-state index contributed by atoms with van der Waals surface area (Å²) in [6.45, 7) is 10.4. The molecular formula is C22H36N6O3. The molecule has 0 aliphatic carbocycles. The van der Waals surface area contributed by atoms with Crippen LogP contribution in [0.2, 0.25) is 0 Å². The van der Waals surface area contributed by atoms with Crippen molar-refractivity contribution in [1.29, 1.82) is 0 Å². The monoisotopic (exact) mass is 432 g/mol. The van der Waals surface area contributed by atoms with Gasteiger partial charge < -0.3 is 20.7 Å². The van der Waals surface area contributed by atoms with Gasteiger partial charge >= 0.3 is 6.09 Å². The Labute approximate surface area is 185 Å². The first-order valence-electron chi connectivity index (χ1n) is 10.6. The van der Waals surface area contributed by atoms with E-state index in [4.69, 9.17) is 4.74 Å². The van der Waals surface area contributed by atoms with Gasteiger partial charge in [-0.15, -0.1) is 0 Å². The molecule has 0 spiro atoms. The molecule has 172 valence electrons. The van der Waals surface area contributed by atoms with Gasteiger partial charge in [-0.2, -0.15) is 4.98 Å². The lowest BCUT2D eigenvalue weighted by Gasteiger charge is -2.28. The lowest BCUT2D eigenvalue weighted by Crippen LogP contribution is -2.47. The summed E-state index contributed by atoms with van der Waals surface area (Å²) >= 11 is 0. The first-order chi connectivity index (χ1) is 14.6. The smallest absolute Gasteiger partial charge is 0.410 e. The van der Waals surface area contributed by atoms with Crippen molar-refractivity contribution in [3.8, 4) is 11.8 Å². The van der Waals surface area contributed by atoms with Gasteiger partial charge in [-0.1, -0.05) is 18.8 Å². The third-order valence-corrected chi connectivity index (χ3v) is 4.20. The standard InChI is InChI=1S/C22H36N6O3/c1-8-13-24-18-17(15-26-20(23-6)27-18)12-10-9-11-14-25-19(29)16(2)28(7)21(30)31-22(3,4)5/h15-16H,8-9,11,13-14H2,1-7H3,(H,25,29)(H2,23,24,26,27). The summed E-state index contributed by atoms with van der Waals surface area (Å²) in [6.07, 6.45) is 3.44. The van der Waals surface area contributed by atoms with Crippen molar-refractivity contribution in [2.45, 2.75) is 65.5 Å². The van der Waals surface area contributed by atoms with Crippen LogP contribution in [0.5, 0.6) is 0 Å². The van der Waals surface area contributed by atoms with Crippen molar-refractivity contribution in [1.82, 2.24) is 20.2 Å². The summed E-state index contributed by atoms with van der Waals surface area (Å²) in [6, 6.07) is -0.629. The van der Waals surface area contributed by atoms with Crippen molar-refractivity contribution in [3.63, 3.8) is 0 Å². The van der Waals surface area contributed by atoms with Gasteiger partial charge in [-0.05, 0) is 40.5 Å². The Morgan fingerprint density at radius 1 is 1.29 bits per heavy atom. The van der Waals surface area contributed by atoms with Gasteiger partial charge in [0.05, 0.1) is 11.8 Å². The van der Waals surface area contributed by atoms with Gasteiger partial charge in [0.15, 0.2) is 0 Å². The highest BCUT2D eigenvalue weighted by Crippen LogP contribution is 2.13. The second-order valence-corrected chi connectivity index (χ2v) is 8.10. The van der Waals surface area contributed by atoms with E-state index in [2.05, 4.69) is 44.7 Å². The zero-order valence-electron chi connectivity index (χ0n) is 19.8. The second-order valence-electron chi connectivity index (χ2n) is 8.10. The molecule has 1 atom stereocenters. The number of carbonyl (C=O) groups excluding carboxylic acids is 2. The molecule has 0 radical (unpaired) electrons. The number of aromatic nitrogens is 2. The number of carbonyl (C=O) groups is 2. The topological polar surface area (TPSA) is 108 Å². The highest BCUT2D eigenvalue weighted by atomic mass is 16.6. The van der Waals surface area contributed by atoms with Crippen LogP contribution in [-0.2, 0) is 9.53 Å². The minimum atomic E-state index is -0.629. The third kappa shape index (κ3) is 9.55. The maximum atomic E-state index is 12.3. The van der Waals surface area contributed by atoms with Gasteiger partial charge in [0.1, 0.15) is 17.5 Å². The molecule has 1 aromatic heterocycles. The van der Waals surface area contributed by atoms with E-state index in [-0.39, 0.29) is 5.91 Å². The van der Waals surface area contributed by atoms with E-state index in [1.165, 1.54) is 4.90 Å². The summed E-state index contributed by atoms with van der Waals surface area (Å²) in [5.74, 6) is 7.21. The van der Waals surface area contributed by atoms with Crippen molar-refractivity contribution >= 4 is 23.8 Å². The van der Waals surface area contributed by atoms with Crippen LogP contribution in [0.15, 0.2) is 6.20 Å². The van der Waals surface area contributed by atoms with E-state index < -0.39 is 17.7 Å². The number of nitrogens with zero attached hydrogens (tertiary/aromatic N) is 3. The minimum absolute atomic E-state index is 0.233. The van der Waals surface area contributed by atoms with Gasteiger partial charge in [-0.3, -0.25) is 9.69 Å². The van der Waals surface area contributed by atoms with E-state index in [1.807, 2.05) is 0 Å². The van der Waals surface area contributed by atoms with Crippen LogP contribution in [0, 0.1) is 11.8 Å². The molecule has 0 saturated carbocycles. The Hall–Kier alpha value is -3.02. The van der Waals surface area contributed by atoms with E-state index in [9.17, 15) is 9.59 Å². The lowest BCUT2D eigenvalue weighted by atomic mass is 10.2. The molecule has 0 aliphatic heterocycles. The van der Waals surface area contributed by atoms with Crippen LogP contribution in [-0.4, -0.2) is 65.7 Å². The van der Waals surface area contributed by atoms with Gasteiger partial charge in [0.25, 0.3) is 0 Å². The number of ether oxygens (including phenoxy) is 1. The lowest BCUT2D eigenvalue weighted by molar-refractivity contribution is -0.125. The number of hydrogen-bond donors (Lipinski definition) is 3. The fourth-order valence-electron chi connectivity index (χ4n) is 2.33. The molecule has 9 nitrogen and oxygen atoms in total. The summed E-state index contributed by atoms with van der Waals surface area (Å²) in [4.78, 5) is 34.3. The first-order valence-corrected chi connectivity index (χ1v) is 10.6. The van der Waals surface area contributed by atoms with E-state index in [1.54, 1.807) is 48.0 Å². The molecule has 0 saturated heterocycles. The molecule has 1 aromatic rings. The summed E-state index contributed by atoms with van der Waals surface area (Å²) < 4.78 is 5.29. The van der Waals surface area contributed by atoms with Crippen molar-refractivity contribution in [2.24, 2.45) is 0 Å². The fraction of sp³-hybridized carbons (Fsp3) is 0.636. The van der Waals surface area contributed by atoms with E-state index in [0.29, 0.717) is 31.2 Å². The second kappa shape index (κ2) is 12.6. The molecule has 9 heteroatoms. The number of hydrogen-bond acceptors (Lipinski definition) is 7. The van der Waals surface area contributed by atoms with Crippen LogP contribution in [0.4, 0.5) is 16.6 Å². The molecule has 0 aromatic carbocycles. The van der Waals surface area contributed by atoms with Gasteiger partial charge in [0.2, 0.25) is 11.9 Å². The Bertz CT molecular complexity index is 795. The number of anilines is 2. The predicted molar refractivity (Wildman–Crippen MR) is 123 cm³/mol. The molecule has 31 heavy (non-hydrogen) atoms. The Balaban J connectivity index is 2.50. The summed E-state index contributed by atoms with van der Waals surface area (Å²) in [5, 5.41) is 9.01. The van der Waals surface area contributed by atoms with Crippen LogP contribution in [0.3, 0.4) is 0 Å². The zero-order chi connectivity index (χ0) is 23.4. The minimum Gasteiger partial charge on any atom is -0.444 e. The van der Waals surface area contributed by atoms with Crippen LogP contribution < -0.4 is 16.0 Å². The van der Waals surface area contributed by atoms with Crippen molar-refractivity contribution in [2.75, 3.05) is 37.8 Å². The highest BCUT2D eigenvalue weighted by Gasteiger charge is 2.26. The molecule has 1 rings (SSSR count). The number of unbranched alkanes of at least 4 members (excludes halogenated alkanes) is 1. The number of likely N-dealkylation sites (N-methyl/N-ethyl adjacent to an activating group) is 1. The van der Waals surface area contributed by atoms with Gasteiger partial charge in [0, 0.05) is 33.6 Å². The Morgan fingerprint density at radius 3 is 2.61 bits per heavy atom. The fourth-order valence-corrected chi connectivity index (χ4v) is 2.33. The SMILES string of the molecule is CCCNc1nc(NC)ncc1C#CCCCNC(=O)C(C)N(C)C(=O)OC(C)(C)C. The first kappa shape index (κ1) is 26.0. The quantitative estimate of drug-likeness (QED) is 0.407. The van der Waals surface area contributed by atoms with Crippen LogP contribution in [0.1, 0.15) is 59.4 Å². The number of rotatable bonds is 9. The maximum absolute atomic E-state index is 12.3. The van der Waals surface area contributed by atoms with Gasteiger partial charge in [-0.25, -0.2) is 9.78 Å². The summed E-state index contributed by atoms with van der Waals surface area (Å²) in [7, 11) is 3.32. The molecule has 0 bridgehead atoms. The Kier molecular flexibility index (Phi) is 10.6. The molecule has 0 fully saturated rings. The Morgan fingerprint density at radius 2 is 2.00 bits per heavy atom. The molecule has 1 heterocycles. The van der Waals surface area contributed by atoms with Crippen molar-refractivity contribution < 1.29 is 14.3 Å². The normalized spacial score (nSPS) is 11.6. The van der Waals surface area contributed by atoms with E-state index in [0.717, 1.165) is 18.5 Å². The maximum Gasteiger partial charge on any atom is 0.410 e. The summed E-state index contributed by atoms with van der Waals surface area (Å²) in [5.41, 5.74) is 0.133. The molecule has 3 N–H and O–H groups in total. The molecule has 2 amide bonds. The van der Waals surface area contributed by atoms with Crippen molar-refractivity contribution in [3.05, 3.63) is 11.8 Å². The molecular weight excluding hydrogens is 396 g/mol. The van der Waals surface area contributed by atoms with Crippen LogP contribution in [0.25, 0.3) is 0 Å². The average molecular weight is 433 g/mol. The largest absolute Gasteiger partial charge is 0.444 e. The molecule has 1 unspecified atom stereocenters. The van der Waals surface area contributed by atoms with E-state index >= 15 is 0 Å². The average Bonchev–Trinajstić information content (AvgIpc) is 2.72. The number of nitrogens with one attached hydrogen (secondary N) is 3. The number of amides is 2.